The van der Waals surface area contributed by atoms with E-state index in [4.69, 9.17) is 5.14 Å². The van der Waals surface area contributed by atoms with E-state index in [0.717, 1.165) is 5.56 Å². The van der Waals surface area contributed by atoms with Crippen LogP contribution in [0.1, 0.15) is 72.5 Å². The first-order valence-electron chi connectivity index (χ1n) is 9.77. The van der Waals surface area contributed by atoms with Crippen molar-refractivity contribution in [1.82, 2.24) is 4.90 Å². The Bertz CT molecular complexity index is 915. The molecule has 2 N–H and O–H groups in total. The highest BCUT2D eigenvalue weighted by Gasteiger charge is 2.21. The van der Waals surface area contributed by atoms with Crippen LogP contribution in [0, 0.1) is 0 Å². The summed E-state index contributed by atoms with van der Waals surface area (Å²) in [6.45, 7) is 1.92. The molecule has 0 spiro atoms. The number of rotatable bonds is 5. The average molecular weight is 401 g/mol. The van der Waals surface area contributed by atoms with Crippen molar-refractivity contribution in [3.8, 4) is 0 Å². The normalized spacial score (nSPS) is 16.5. The third kappa shape index (κ3) is 4.62. The van der Waals surface area contributed by atoms with Crippen LogP contribution in [-0.2, 0) is 10.0 Å². The fourth-order valence-electron chi connectivity index (χ4n) is 3.87. The lowest BCUT2D eigenvalue weighted by atomic mass is 9.84. The molecule has 2 aromatic carbocycles. The van der Waals surface area contributed by atoms with Gasteiger partial charge in [0, 0.05) is 12.6 Å². The molecule has 28 heavy (non-hydrogen) atoms. The highest BCUT2D eigenvalue weighted by atomic mass is 32.2. The summed E-state index contributed by atoms with van der Waals surface area (Å²) in [5, 5.41) is 5.14. The van der Waals surface area contributed by atoms with Gasteiger partial charge in [0.1, 0.15) is 0 Å². The third-order valence-corrected chi connectivity index (χ3v) is 6.76. The number of carbonyl (C=O) groups excluding carboxylic acids is 1. The van der Waals surface area contributed by atoms with Crippen LogP contribution in [-0.4, -0.2) is 26.3 Å². The SMILES string of the molecule is C[C@@H](c1ccc(S(N)(=O)=O)cc1)N(C)C(=O)c1ccc(C2CCCCC2)cc1. The molecule has 0 unspecified atom stereocenters. The van der Waals surface area contributed by atoms with E-state index in [1.165, 1.54) is 49.8 Å². The molecular weight excluding hydrogens is 372 g/mol. The first-order valence-corrected chi connectivity index (χ1v) is 11.3. The molecule has 1 atom stereocenters. The van der Waals surface area contributed by atoms with E-state index in [9.17, 15) is 13.2 Å². The van der Waals surface area contributed by atoms with Crippen LogP contribution in [0.3, 0.4) is 0 Å². The predicted octanol–water partition coefficient (Wildman–Crippen LogP) is 4.21. The van der Waals surface area contributed by atoms with Crippen molar-refractivity contribution in [2.75, 3.05) is 7.05 Å². The van der Waals surface area contributed by atoms with Crippen molar-refractivity contribution in [2.45, 2.75) is 55.9 Å². The molecule has 0 aliphatic heterocycles. The standard InChI is InChI=1S/C22H28N2O3S/c1-16(17-12-14-21(15-13-17)28(23,26)27)24(2)22(25)20-10-8-19(9-11-20)18-6-4-3-5-7-18/h8-16,18H,3-7H2,1-2H3,(H2,23,26,27)/t16-/m0/s1. The van der Waals surface area contributed by atoms with Crippen molar-refractivity contribution in [2.24, 2.45) is 5.14 Å². The van der Waals surface area contributed by atoms with E-state index in [2.05, 4.69) is 12.1 Å². The zero-order valence-corrected chi connectivity index (χ0v) is 17.3. The van der Waals surface area contributed by atoms with Crippen molar-refractivity contribution < 1.29 is 13.2 Å². The minimum atomic E-state index is -3.72. The summed E-state index contributed by atoms with van der Waals surface area (Å²) in [7, 11) is -1.96. The number of hydrogen-bond acceptors (Lipinski definition) is 3. The Morgan fingerprint density at radius 1 is 1.00 bits per heavy atom. The van der Waals surface area contributed by atoms with Crippen molar-refractivity contribution in [3.63, 3.8) is 0 Å². The summed E-state index contributed by atoms with van der Waals surface area (Å²) >= 11 is 0. The number of benzene rings is 2. The highest BCUT2D eigenvalue weighted by molar-refractivity contribution is 7.89. The second-order valence-electron chi connectivity index (χ2n) is 7.66. The smallest absolute Gasteiger partial charge is 0.254 e. The Morgan fingerprint density at radius 3 is 2.11 bits per heavy atom. The van der Waals surface area contributed by atoms with E-state index < -0.39 is 10.0 Å². The molecule has 150 valence electrons. The molecule has 6 heteroatoms. The predicted molar refractivity (Wildman–Crippen MR) is 111 cm³/mol. The third-order valence-electron chi connectivity index (χ3n) is 5.83. The summed E-state index contributed by atoms with van der Waals surface area (Å²) in [5.41, 5.74) is 2.84. The number of nitrogens with two attached hydrogens (primary N) is 1. The van der Waals surface area contributed by atoms with Crippen LogP contribution in [0.5, 0.6) is 0 Å². The van der Waals surface area contributed by atoms with Crippen molar-refractivity contribution in [3.05, 3.63) is 65.2 Å². The largest absolute Gasteiger partial charge is 0.335 e. The van der Waals surface area contributed by atoms with Gasteiger partial charge in [-0.3, -0.25) is 4.79 Å². The molecular formula is C22H28N2O3S. The van der Waals surface area contributed by atoms with Crippen molar-refractivity contribution >= 4 is 15.9 Å². The Kier molecular flexibility index (Phi) is 6.20. The van der Waals surface area contributed by atoms with Gasteiger partial charge in [0.2, 0.25) is 10.0 Å². The Hall–Kier alpha value is -2.18. The zero-order chi connectivity index (χ0) is 20.3. The lowest BCUT2D eigenvalue weighted by Gasteiger charge is -2.26. The maximum absolute atomic E-state index is 12.9. The molecule has 1 aliphatic carbocycles. The molecule has 2 aromatic rings. The number of carbonyl (C=O) groups is 1. The van der Waals surface area contributed by atoms with Gasteiger partial charge in [-0.1, -0.05) is 43.5 Å². The average Bonchev–Trinajstić information content (AvgIpc) is 2.72. The molecule has 0 radical (unpaired) electrons. The number of sulfonamides is 1. The van der Waals surface area contributed by atoms with E-state index in [1.807, 2.05) is 19.1 Å². The van der Waals surface area contributed by atoms with E-state index >= 15 is 0 Å². The molecule has 3 rings (SSSR count). The van der Waals surface area contributed by atoms with Gasteiger partial charge in [0.15, 0.2) is 0 Å². The summed E-state index contributed by atoms with van der Waals surface area (Å²) in [6.07, 6.45) is 6.37. The molecule has 1 saturated carbocycles. The van der Waals surface area contributed by atoms with E-state index in [-0.39, 0.29) is 16.8 Å². The maximum Gasteiger partial charge on any atom is 0.254 e. The fourth-order valence-corrected chi connectivity index (χ4v) is 4.39. The Labute approximate surface area is 167 Å². The highest BCUT2D eigenvalue weighted by Crippen LogP contribution is 2.32. The molecule has 0 heterocycles. The topological polar surface area (TPSA) is 80.5 Å². The number of primary sulfonamides is 1. The molecule has 0 saturated heterocycles. The number of nitrogens with zero attached hydrogens (tertiary/aromatic N) is 1. The quantitative estimate of drug-likeness (QED) is 0.816. The van der Waals surface area contributed by atoms with Crippen molar-refractivity contribution in [1.29, 1.82) is 0 Å². The Morgan fingerprint density at radius 2 is 1.57 bits per heavy atom. The first kappa shape index (κ1) is 20.6. The minimum absolute atomic E-state index is 0.0572. The van der Waals surface area contributed by atoms with E-state index in [0.29, 0.717) is 11.5 Å². The van der Waals surface area contributed by atoms with E-state index in [1.54, 1.807) is 24.1 Å². The van der Waals surface area contributed by atoms with Crippen LogP contribution in [0.15, 0.2) is 53.4 Å². The molecule has 1 amide bonds. The van der Waals surface area contributed by atoms with Gasteiger partial charge < -0.3 is 4.90 Å². The second kappa shape index (κ2) is 8.45. The van der Waals surface area contributed by atoms with Gasteiger partial charge >= 0.3 is 0 Å². The molecule has 5 nitrogen and oxygen atoms in total. The van der Waals surface area contributed by atoms with Gasteiger partial charge in [0.25, 0.3) is 5.91 Å². The lowest BCUT2D eigenvalue weighted by Crippen LogP contribution is -2.29. The van der Waals surface area contributed by atoms with Gasteiger partial charge in [-0.05, 0) is 61.1 Å². The maximum atomic E-state index is 12.9. The lowest BCUT2D eigenvalue weighted by molar-refractivity contribution is 0.0742. The summed E-state index contributed by atoms with van der Waals surface area (Å²) < 4.78 is 22.8. The minimum Gasteiger partial charge on any atom is -0.335 e. The van der Waals surface area contributed by atoms with Crippen LogP contribution in [0.25, 0.3) is 0 Å². The summed E-state index contributed by atoms with van der Waals surface area (Å²) in [5.74, 6) is 0.560. The molecule has 1 fully saturated rings. The van der Waals surface area contributed by atoms with Crippen LogP contribution >= 0.6 is 0 Å². The zero-order valence-electron chi connectivity index (χ0n) is 16.5. The number of amides is 1. The number of hydrogen-bond donors (Lipinski definition) is 1. The first-order chi connectivity index (χ1) is 13.3. The molecule has 0 bridgehead atoms. The summed E-state index contributed by atoms with van der Waals surface area (Å²) in [6, 6.07) is 14.1. The fraction of sp³-hybridized carbons (Fsp3) is 0.409. The second-order valence-corrected chi connectivity index (χ2v) is 9.22. The molecule has 0 aromatic heterocycles. The van der Waals surface area contributed by atoms with Gasteiger partial charge in [0.05, 0.1) is 10.9 Å². The van der Waals surface area contributed by atoms with Crippen LogP contribution in [0.4, 0.5) is 0 Å². The summed E-state index contributed by atoms with van der Waals surface area (Å²) in [4.78, 5) is 14.6. The molecule has 1 aliphatic rings. The monoisotopic (exact) mass is 400 g/mol. The van der Waals surface area contributed by atoms with Gasteiger partial charge in [-0.2, -0.15) is 0 Å². The van der Waals surface area contributed by atoms with Gasteiger partial charge in [-0.15, -0.1) is 0 Å². The Balaban J connectivity index is 1.70. The van der Waals surface area contributed by atoms with Crippen LogP contribution in [0.2, 0.25) is 0 Å². The van der Waals surface area contributed by atoms with Crippen LogP contribution < -0.4 is 5.14 Å². The van der Waals surface area contributed by atoms with Gasteiger partial charge in [-0.25, -0.2) is 13.6 Å².